The fourth-order valence-corrected chi connectivity index (χ4v) is 3.73. The highest BCUT2D eigenvalue weighted by atomic mass is 16.5. The molecule has 2 aliphatic carbocycles. The van der Waals surface area contributed by atoms with Crippen molar-refractivity contribution in [3.8, 4) is 17.6 Å². The fourth-order valence-electron chi connectivity index (χ4n) is 3.73. The monoisotopic (exact) mass is 411 g/mol. The lowest BCUT2D eigenvalue weighted by Gasteiger charge is -2.21. The predicted molar refractivity (Wildman–Crippen MR) is 119 cm³/mol. The normalized spacial score (nSPS) is 16.3. The topological polar surface area (TPSA) is 57.0 Å². The van der Waals surface area contributed by atoms with Crippen molar-refractivity contribution < 1.29 is 4.74 Å². The molecule has 31 heavy (non-hydrogen) atoms. The van der Waals surface area contributed by atoms with Gasteiger partial charge in [-0.25, -0.2) is 9.97 Å². The van der Waals surface area contributed by atoms with Crippen LogP contribution in [0.2, 0.25) is 0 Å². The van der Waals surface area contributed by atoms with Gasteiger partial charge in [-0.3, -0.25) is 4.79 Å². The maximum atomic E-state index is 13.1. The van der Waals surface area contributed by atoms with Crippen LogP contribution in [-0.4, -0.2) is 14.5 Å². The van der Waals surface area contributed by atoms with Gasteiger partial charge in [0.25, 0.3) is 5.56 Å². The van der Waals surface area contributed by atoms with E-state index in [1.54, 1.807) is 24.5 Å². The molecule has 1 aromatic carbocycles. The summed E-state index contributed by atoms with van der Waals surface area (Å²) in [5.41, 5.74) is 3.14. The Kier molecular flexibility index (Phi) is 5.30. The highest BCUT2D eigenvalue weighted by Gasteiger charge is 2.29. The summed E-state index contributed by atoms with van der Waals surface area (Å²) < 4.78 is 7.76. The van der Waals surface area contributed by atoms with E-state index in [2.05, 4.69) is 53.0 Å². The molecule has 0 N–H and O–H groups in total. The summed E-state index contributed by atoms with van der Waals surface area (Å²) in [6.45, 7) is 2.32. The first-order valence-corrected chi connectivity index (χ1v) is 10.9. The third kappa shape index (κ3) is 4.69. The summed E-state index contributed by atoms with van der Waals surface area (Å²) in [6.07, 6.45) is 8.04. The van der Waals surface area contributed by atoms with Gasteiger partial charge in [-0.2, -0.15) is 0 Å². The largest absolute Gasteiger partial charge is 0.485 e. The minimum atomic E-state index is -0.0555. The molecular weight excluding hydrogens is 386 g/mol. The molecule has 0 spiro atoms. The Morgan fingerprint density at radius 3 is 2.52 bits per heavy atom. The molecule has 156 valence electrons. The number of ether oxygens (including phenoxy) is 1. The first kappa shape index (κ1) is 19.6. The lowest BCUT2D eigenvalue weighted by atomic mass is 10.0. The summed E-state index contributed by atoms with van der Waals surface area (Å²) in [7, 11) is 0. The summed E-state index contributed by atoms with van der Waals surface area (Å²) in [5, 5.41) is 0. The molecular formula is C26H25N3O2. The van der Waals surface area contributed by atoms with Crippen LogP contribution in [0.3, 0.4) is 0 Å². The first-order valence-electron chi connectivity index (χ1n) is 10.9. The molecule has 3 aromatic rings. The molecule has 2 fully saturated rings. The summed E-state index contributed by atoms with van der Waals surface area (Å²) in [6, 6.07) is 13.6. The van der Waals surface area contributed by atoms with Crippen molar-refractivity contribution in [2.24, 2.45) is 5.92 Å². The number of rotatable bonds is 6. The van der Waals surface area contributed by atoms with Gasteiger partial charge < -0.3 is 9.30 Å². The van der Waals surface area contributed by atoms with E-state index in [1.807, 2.05) is 10.6 Å². The van der Waals surface area contributed by atoms with Crippen LogP contribution in [0.4, 0.5) is 0 Å². The van der Waals surface area contributed by atoms with Gasteiger partial charge in [-0.05, 0) is 62.3 Å². The first-order chi connectivity index (χ1) is 15.2. The van der Waals surface area contributed by atoms with E-state index in [-0.39, 0.29) is 18.2 Å². The van der Waals surface area contributed by atoms with E-state index in [0.29, 0.717) is 23.4 Å². The van der Waals surface area contributed by atoms with Crippen molar-refractivity contribution in [2.45, 2.75) is 51.2 Å². The van der Waals surface area contributed by atoms with Crippen molar-refractivity contribution in [2.75, 3.05) is 0 Å². The maximum Gasteiger partial charge on any atom is 0.255 e. The quantitative estimate of drug-likeness (QED) is 0.562. The second-order valence-electron chi connectivity index (χ2n) is 8.39. The van der Waals surface area contributed by atoms with Gasteiger partial charge in [-0.1, -0.05) is 24.0 Å². The lowest BCUT2D eigenvalue weighted by molar-refractivity contribution is 0.293. The smallest absolute Gasteiger partial charge is 0.255 e. The van der Waals surface area contributed by atoms with Gasteiger partial charge in [0.05, 0.1) is 6.04 Å². The average molecular weight is 412 g/mol. The maximum absolute atomic E-state index is 13.1. The van der Waals surface area contributed by atoms with Gasteiger partial charge in [0.1, 0.15) is 12.4 Å². The molecule has 5 heteroatoms. The third-order valence-corrected chi connectivity index (χ3v) is 5.83. The van der Waals surface area contributed by atoms with Gasteiger partial charge in [-0.15, -0.1) is 0 Å². The van der Waals surface area contributed by atoms with Gasteiger partial charge in [0, 0.05) is 41.7 Å². The number of hydrogen-bond donors (Lipinski definition) is 0. The van der Waals surface area contributed by atoms with Crippen LogP contribution in [0.15, 0.2) is 59.7 Å². The molecule has 0 amide bonds. The highest BCUT2D eigenvalue weighted by Crippen LogP contribution is 2.41. The van der Waals surface area contributed by atoms with Gasteiger partial charge in [0.15, 0.2) is 5.82 Å². The Morgan fingerprint density at radius 1 is 1.10 bits per heavy atom. The number of aromatic nitrogens is 3. The molecule has 5 rings (SSSR count). The Bertz CT molecular complexity index is 1180. The van der Waals surface area contributed by atoms with E-state index in [0.717, 1.165) is 29.7 Å². The number of hydrogen-bond acceptors (Lipinski definition) is 4. The zero-order valence-corrected chi connectivity index (χ0v) is 17.6. The second-order valence-corrected chi connectivity index (χ2v) is 8.39. The number of nitrogens with zero attached hydrogens (tertiary/aromatic N) is 3. The third-order valence-electron chi connectivity index (χ3n) is 5.83. The SMILES string of the molecule is C[C@H](c1ccc(C#CC2CC2)cc1)n1c(C2CC2)cc(OCc2ncccn2)cc1=O. The molecule has 0 unspecified atom stereocenters. The Balaban J connectivity index is 1.39. The van der Waals surface area contributed by atoms with E-state index in [9.17, 15) is 4.79 Å². The van der Waals surface area contributed by atoms with Crippen LogP contribution in [0.5, 0.6) is 5.75 Å². The minimum Gasteiger partial charge on any atom is -0.485 e. The average Bonchev–Trinajstić information content (AvgIpc) is 3.71. The zero-order valence-electron chi connectivity index (χ0n) is 17.6. The highest BCUT2D eigenvalue weighted by molar-refractivity contribution is 5.38. The van der Waals surface area contributed by atoms with Crippen molar-refractivity contribution in [3.05, 3.63) is 87.9 Å². The summed E-state index contributed by atoms with van der Waals surface area (Å²) in [5.74, 6) is 8.73. The summed E-state index contributed by atoms with van der Waals surface area (Å²) in [4.78, 5) is 21.5. The van der Waals surface area contributed by atoms with Crippen LogP contribution in [0, 0.1) is 17.8 Å². The second kappa shape index (κ2) is 8.39. The molecule has 2 aromatic heterocycles. The molecule has 0 bridgehead atoms. The molecule has 0 radical (unpaired) electrons. The molecule has 2 aliphatic rings. The molecule has 5 nitrogen and oxygen atoms in total. The predicted octanol–water partition coefficient (Wildman–Crippen LogP) is 4.47. The molecule has 2 saturated carbocycles. The molecule has 0 saturated heterocycles. The van der Waals surface area contributed by atoms with E-state index < -0.39 is 0 Å². The van der Waals surface area contributed by atoms with E-state index in [1.165, 1.54) is 12.8 Å². The Hall–Kier alpha value is -3.39. The molecule has 2 heterocycles. The van der Waals surface area contributed by atoms with Crippen molar-refractivity contribution in [1.82, 2.24) is 14.5 Å². The van der Waals surface area contributed by atoms with Crippen molar-refractivity contribution in [3.63, 3.8) is 0 Å². The van der Waals surface area contributed by atoms with Crippen molar-refractivity contribution in [1.29, 1.82) is 0 Å². The van der Waals surface area contributed by atoms with Crippen LogP contribution in [0.1, 0.15) is 67.2 Å². The van der Waals surface area contributed by atoms with Gasteiger partial charge >= 0.3 is 0 Å². The molecule has 1 atom stereocenters. The van der Waals surface area contributed by atoms with Crippen LogP contribution in [0.25, 0.3) is 0 Å². The lowest BCUT2D eigenvalue weighted by Crippen LogP contribution is -2.26. The van der Waals surface area contributed by atoms with E-state index >= 15 is 0 Å². The van der Waals surface area contributed by atoms with Gasteiger partial charge in [0.2, 0.25) is 0 Å². The molecule has 0 aliphatic heterocycles. The Morgan fingerprint density at radius 2 is 1.84 bits per heavy atom. The minimum absolute atomic E-state index is 0.0431. The number of pyridine rings is 1. The van der Waals surface area contributed by atoms with Crippen molar-refractivity contribution >= 4 is 0 Å². The van der Waals surface area contributed by atoms with Crippen LogP contribution in [-0.2, 0) is 6.61 Å². The summed E-state index contributed by atoms with van der Waals surface area (Å²) >= 11 is 0. The van der Waals surface area contributed by atoms with E-state index in [4.69, 9.17) is 4.74 Å². The number of benzene rings is 1. The standard InChI is InChI=1S/C26H25N3O2/c1-18(21-9-7-20(8-10-21)6-5-19-3-4-19)29-24(22-11-12-22)15-23(16-26(29)30)31-17-25-27-13-2-14-28-25/h2,7-10,13-16,18-19,22H,3-4,11-12,17H2,1H3/t18-/m1/s1. The zero-order chi connectivity index (χ0) is 21.2. The van der Waals surface area contributed by atoms with Crippen LogP contribution < -0.4 is 10.3 Å². The Labute approximate surface area is 182 Å². The fraction of sp³-hybridized carbons (Fsp3) is 0.346. The van der Waals surface area contributed by atoms with Crippen LogP contribution >= 0.6 is 0 Å².